The summed E-state index contributed by atoms with van der Waals surface area (Å²) in [4.78, 5) is 0. The Morgan fingerprint density at radius 1 is 1.10 bits per heavy atom. The zero-order chi connectivity index (χ0) is 14.8. The molecule has 0 saturated carbocycles. The quantitative estimate of drug-likeness (QED) is 0.909. The van der Waals surface area contributed by atoms with E-state index in [2.05, 4.69) is 5.16 Å². The fourth-order valence-corrected chi connectivity index (χ4v) is 3.66. The van der Waals surface area contributed by atoms with Crippen molar-refractivity contribution in [1.29, 1.82) is 0 Å². The van der Waals surface area contributed by atoms with Crippen molar-refractivity contribution in [1.82, 2.24) is 5.16 Å². The largest absolute Gasteiger partial charge is 0.361 e. The number of benzene rings is 1. The van der Waals surface area contributed by atoms with E-state index in [1.54, 1.807) is 26.0 Å². The summed E-state index contributed by atoms with van der Waals surface area (Å²) in [6.45, 7) is 3.92. The van der Waals surface area contributed by atoms with Gasteiger partial charge in [0.1, 0.15) is 5.76 Å². The minimum Gasteiger partial charge on any atom is -0.361 e. The van der Waals surface area contributed by atoms with Gasteiger partial charge in [0.25, 0.3) is 0 Å². The lowest BCUT2D eigenvalue weighted by molar-refractivity contribution is 0.392. The van der Waals surface area contributed by atoms with Crippen LogP contribution in [0.25, 0.3) is 0 Å². The smallest absolute Gasteiger partial charge is 0.158 e. The maximum absolute atomic E-state index is 12.2. The summed E-state index contributed by atoms with van der Waals surface area (Å²) in [5.41, 5.74) is 8.54. The number of hydrogen-bond acceptors (Lipinski definition) is 5. The predicted molar refractivity (Wildman–Crippen MR) is 76.6 cm³/mol. The minimum absolute atomic E-state index is 0.00190. The molecule has 6 heteroatoms. The number of sulfone groups is 1. The Bertz CT molecular complexity index is 668. The summed E-state index contributed by atoms with van der Waals surface area (Å²) in [6, 6.07) is 7.29. The Hall–Kier alpha value is -1.66. The summed E-state index contributed by atoms with van der Waals surface area (Å²) in [7, 11) is -3.25. The Morgan fingerprint density at radius 2 is 1.70 bits per heavy atom. The van der Waals surface area contributed by atoms with Gasteiger partial charge < -0.3 is 10.3 Å². The van der Waals surface area contributed by atoms with Gasteiger partial charge in [0.15, 0.2) is 9.84 Å². The maximum Gasteiger partial charge on any atom is 0.158 e. The molecule has 0 bridgehead atoms. The number of aromatic nitrogens is 1. The van der Waals surface area contributed by atoms with Crippen molar-refractivity contribution in [3.05, 3.63) is 52.4 Å². The van der Waals surface area contributed by atoms with Crippen LogP contribution in [-0.4, -0.2) is 13.6 Å². The number of rotatable bonds is 5. The first-order valence-corrected chi connectivity index (χ1v) is 8.13. The van der Waals surface area contributed by atoms with Crippen molar-refractivity contribution in [3.63, 3.8) is 0 Å². The first-order chi connectivity index (χ1) is 9.41. The molecule has 1 heterocycles. The van der Waals surface area contributed by atoms with Crippen LogP contribution in [-0.2, 0) is 27.9 Å². The van der Waals surface area contributed by atoms with Crippen LogP contribution in [0.15, 0.2) is 28.8 Å². The molecular formula is C14H18N2O3S. The summed E-state index contributed by atoms with van der Waals surface area (Å²) < 4.78 is 29.5. The second-order valence-electron chi connectivity index (χ2n) is 4.86. The molecule has 1 aromatic carbocycles. The van der Waals surface area contributed by atoms with Crippen LogP contribution in [0.1, 0.15) is 28.1 Å². The van der Waals surface area contributed by atoms with E-state index in [4.69, 9.17) is 10.3 Å². The molecule has 0 atom stereocenters. The number of nitrogens with two attached hydrogens (primary N) is 1. The second kappa shape index (κ2) is 5.76. The van der Waals surface area contributed by atoms with E-state index in [0.717, 1.165) is 11.1 Å². The van der Waals surface area contributed by atoms with Gasteiger partial charge in [-0.3, -0.25) is 0 Å². The van der Waals surface area contributed by atoms with Crippen molar-refractivity contribution in [2.75, 3.05) is 0 Å². The van der Waals surface area contributed by atoms with Crippen molar-refractivity contribution < 1.29 is 12.9 Å². The Labute approximate surface area is 118 Å². The number of nitrogens with zero attached hydrogens (tertiary/aromatic N) is 1. The third-order valence-corrected chi connectivity index (χ3v) is 4.69. The van der Waals surface area contributed by atoms with E-state index >= 15 is 0 Å². The van der Waals surface area contributed by atoms with Crippen LogP contribution in [0.2, 0.25) is 0 Å². The Morgan fingerprint density at radius 3 is 2.20 bits per heavy atom. The SMILES string of the molecule is Cc1noc(C)c1CS(=O)(=O)Cc1ccc(CN)cc1. The number of aryl methyl sites for hydroxylation is 2. The average Bonchev–Trinajstić information content (AvgIpc) is 2.70. The zero-order valence-corrected chi connectivity index (χ0v) is 12.4. The molecule has 5 nitrogen and oxygen atoms in total. The van der Waals surface area contributed by atoms with Gasteiger partial charge in [-0.15, -0.1) is 0 Å². The summed E-state index contributed by atoms with van der Waals surface area (Å²) >= 11 is 0. The highest BCUT2D eigenvalue weighted by atomic mass is 32.2. The second-order valence-corrected chi connectivity index (χ2v) is 6.92. The standard InChI is InChI=1S/C14H18N2O3S/c1-10-14(11(2)19-16-10)9-20(17,18)8-13-5-3-12(7-15)4-6-13/h3-6H,7-9,15H2,1-2H3. The van der Waals surface area contributed by atoms with Crippen LogP contribution >= 0.6 is 0 Å². The lowest BCUT2D eigenvalue weighted by Crippen LogP contribution is -2.09. The van der Waals surface area contributed by atoms with Crippen LogP contribution in [0.5, 0.6) is 0 Å². The highest BCUT2D eigenvalue weighted by Crippen LogP contribution is 2.18. The van der Waals surface area contributed by atoms with E-state index in [1.807, 2.05) is 12.1 Å². The Kier molecular flexibility index (Phi) is 4.25. The van der Waals surface area contributed by atoms with Crippen molar-refractivity contribution in [2.24, 2.45) is 5.73 Å². The molecule has 0 spiro atoms. The van der Waals surface area contributed by atoms with Crippen LogP contribution < -0.4 is 5.73 Å². The molecular weight excluding hydrogens is 276 g/mol. The highest BCUT2D eigenvalue weighted by molar-refractivity contribution is 7.89. The third-order valence-electron chi connectivity index (χ3n) is 3.19. The Balaban J connectivity index is 2.14. The molecule has 0 aliphatic carbocycles. The first-order valence-electron chi connectivity index (χ1n) is 6.31. The zero-order valence-electron chi connectivity index (χ0n) is 11.6. The van der Waals surface area contributed by atoms with Gasteiger partial charge in [-0.1, -0.05) is 29.4 Å². The molecule has 0 unspecified atom stereocenters. The van der Waals surface area contributed by atoms with E-state index in [1.165, 1.54) is 0 Å². The molecule has 1 aromatic heterocycles. The van der Waals surface area contributed by atoms with Crippen LogP contribution in [0, 0.1) is 13.8 Å². The van der Waals surface area contributed by atoms with Gasteiger partial charge in [0.05, 0.1) is 17.2 Å². The van der Waals surface area contributed by atoms with Crippen molar-refractivity contribution in [3.8, 4) is 0 Å². The molecule has 0 saturated heterocycles. The van der Waals surface area contributed by atoms with Gasteiger partial charge >= 0.3 is 0 Å². The summed E-state index contributed by atoms with van der Waals surface area (Å²) in [5.74, 6) is 0.513. The fourth-order valence-electron chi connectivity index (χ4n) is 2.00. The molecule has 2 N–H and O–H groups in total. The molecule has 0 radical (unpaired) electrons. The number of hydrogen-bond donors (Lipinski definition) is 1. The molecule has 0 aliphatic heterocycles. The van der Waals surface area contributed by atoms with Crippen molar-refractivity contribution in [2.45, 2.75) is 31.9 Å². The van der Waals surface area contributed by atoms with Gasteiger partial charge in [0.2, 0.25) is 0 Å². The van der Waals surface area contributed by atoms with E-state index in [9.17, 15) is 8.42 Å². The minimum atomic E-state index is -3.25. The monoisotopic (exact) mass is 294 g/mol. The molecule has 2 aromatic rings. The van der Waals surface area contributed by atoms with Crippen LogP contribution in [0.4, 0.5) is 0 Å². The predicted octanol–water partition coefficient (Wildman–Crippen LogP) is 1.87. The molecule has 2 rings (SSSR count). The highest BCUT2D eigenvalue weighted by Gasteiger charge is 2.19. The summed E-state index contributed by atoms with van der Waals surface area (Å²) in [6.07, 6.45) is 0. The van der Waals surface area contributed by atoms with Crippen LogP contribution in [0.3, 0.4) is 0 Å². The van der Waals surface area contributed by atoms with Gasteiger partial charge in [-0.25, -0.2) is 8.42 Å². The fraction of sp³-hybridized carbons (Fsp3) is 0.357. The molecule has 0 fully saturated rings. The first kappa shape index (κ1) is 14.7. The average molecular weight is 294 g/mol. The molecule has 108 valence electrons. The molecule has 20 heavy (non-hydrogen) atoms. The lowest BCUT2D eigenvalue weighted by Gasteiger charge is -2.05. The van der Waals surface area contributed by atoms with Crippen molar-refractivity contribution >= 4 is 9.84 Å². The normalized spacial score (nSPS) is 11.8. The maximum atomic E-state index is 12.2. The van der Waals surface area contributed by atoms with Gasteiger partial charge in [-0.05, 0) is 25.0 Å². The van der Waals surface area contributed by atoms with E-state index < -0.39 is 9.84 Å². The summed E-state index contributed by atoms with van der Waals surface area (Å²) in [5, 5.41) is 3.78. The third kappa shape index (κ3) is 3.46. The van der Waals surface area contributed by atoms with E-state index in [0.29, 0.717) is 23.6 Å². The van der Waals surface area contributed by atoms with E-state index in [-0.39, 0.29) is 11.5 Å². The topological polar surface area (TPSA) is 86.2 Å². The lowest BCUT2D eigenvalue weighted by atomic mass is 10.1. The van der Waals surface area contributed by atoms with Gasteiger partial charge in [0, 0.05) is 12.1 Å². The van der Waals surface area contributed by atoms with Gasteiger partial charge in [-0.2, -0.15) is 0 Å². The molecule has 0 amide bonds. The molecule has 0 aliphatic rings.